The van der Waals surface area contributed by atoms with Gasteiger partial charge in [0.25, 0.3) is 0 Å². The van der Waals surface area contributed by atoms with Crippen LogP contribution >= 0.6 is 11.4 Å². The fourth-order valence-electron chi connectivity index (χ4n) is 2.94. The Morgan fingerprint density at radius 2 is 0.871 bits per heavy atom. The predicted molar refractivity (Wildman–Crippen MR) is 131 cm³/mol. The van der Waals surface area contributed by atoms with Crippen LogP contribution in [0.3, 0.4) is 0 Å². The minimum atomic E-state index is -3.55. The number of unbranched alkanes of at least 4 members (excludes halogenated alkanes) is 2. The molecule has 0 aromatic carbocycles. The van der Waals surface area contributed by atoms with Gasteiger partial charge >= 0.3 is 58.4 Å². The molecule has 4 unspecified atom stereocenters. The first-order valence-electron chi connectivity index (χ1n) is 9.96. The van der Waals surface area contributed by atoms with Crippen molar-refractivity contribution in [3.8, 4) is 0 Å². The van der Waals surface area contributed by atoms with Gasteiger partial charge in [-0.2, -0.15) is 0 Å². The van der Waals surface area contributed by atoms with E-state index in [1.54, 1.807) is 12.5 Å². The summed E-state index contributed by atoms with van der Waals surface area (Å²) in [5.74, 6) is 0.806. The van der Waals surface area contributed by atoms with Crippen LogP contribution in [0.4, 0.5) is 0 Å². The van der Waals surface area contributed by atoms with Crippen LogP contribution in [0, 0.1) is 11.8 Å². The van der Waals surface area contributed by atoms with E-state index in [0.717, 1.165) is 38.5 Å². The third-order valence-electron chi connectivity index (χ3n) is 4.75. The molecule has 0 heterocycles. The van der Waals surface area contributed by atoms with Crippen molar-refractivity contribution in [1.82, 2.24) is 0 Å². The zero-order valence-electron chi connectivity index (χ0n) is 20.8. The largest absolute Gasteiger partial charge is 2.00 e. The van der Waals surface area contributed by atoms with Gasteiger partial charge in [-0.15, -0.1) is 0 Å². The Bertz CT molecular complexity index is 491. The Morgan fingerprint density at radius 1 is 0.645 bits per heavy atom. The number of rotatable bonds is 10. The topological polar surface area (TPSA) is 92.2 Å². The molecule has 0 aliphatic rings. The van der Waals surface area contributed by atoms with Crippen LogP contribution in [0.2, 0.25) is 0 Å². The molecular weight excluding hydrogens is 667 g/mol. The van der Waals surface area contributed by atoms with E-state index < -0.39 is 31.5 Å². The van der Waals surface area contributed by atoms with Gasteiger partial charge in [0.15, 0.2) is 0 Å². The average Bonchev–Trinajstić information content (AvgIpc) is 2.53. The molecule has 0 saturated carbocycles. The van der Waals surface area contributed by atoms with E-state index in [-0.39, 0.29) is 68.9 Å². The third kappa shape index (κ3) is 21.7. The van der Waals surface area contributed by atoms with E-state index in [9.17, 15) is 19.6 Å². The van der Waals surface area contributed by atoms with E-state index in [0.29, 0.717) is 11.8 Å². The van der Waals surface area contributed by atoms with Crippen LogP contribution in [-0.4, -0.2) is 23.0 Å². The summed E-state index contributed by atoms with van der Waals surface area (Å²) in [5.41, 5.74) is -7.09. The zero-order valence-corrected chi connectivity index (χ0v) is 34.8. The summed E-state index contributed by atoms with van der Waals surface area (Å²) in [6.45, 7) is 12.6. The Morgan fingerprint density at radius 3 is 1.00 bits per heavy atom. The van der Waals surface area contributed by atoms with E-state index in [4.69, 9.17) is 0 Å². The predicted octanol–water partition coefficient (Wildman–Crippen LogP) is 2.78. The maximum Gasteiger partial charge on any atom is 2.00 e. The number of hydrogen-bond acceptors (Lipinski definition) is 6. The first kappa shape index (κ1) is 44.9. The molecule has 0 aliphatic heterocycles. The summed E-state index contributed by atoms with van der Waals surface area (Å²) in [4.78, 5) is 45.2. The van der Waals surface area contributed by atoms with Crippen molar-refractivity contribution in [1.29, 1.82) is 0 Å². The molecule has 0 bridgehead atoms. The Balaban J connectivity index is -0.000000133. The second-order valence-electron chi connectivity index (χ2n) is 7.79. The summed E-state index contributed by atoms with van der Waals surface area (Å²) in [6.07, 6.45) is 9.93. The van der Waals surface area contributed by atoms with Crippen molar-refractivity contribution in [2.45, 2.75) is 90.6 Å². The molecule has 0 aromatic heterocycles. The van der Waals surface area contributed by atoms with Crippen LogP contribution in [-0.2, 0) is 103 Å². The summed E-state index contributed by atoms with van der Waals surface area (Å²) >= 11 is 9.13. The average molecular weight is 707 g/mol. The molecule has 0 radical (unpaired) electrons. The maximum atomic E-state index is 11.3. The SMILES string of the molecule is CCCCC(C(C)C)S(C)=P([O-])([O-])[S-].CCCCC(C(C)C)S(C)=P([O-])([O-])[S-].[Zn+2].[Zn+2].[Zn+2]. The molecule has 0 spiro atoms. The van der Waals surface area contributed by atoms with Crippen molar-refractivity contribution >= 4 is 56.0 Å². The van der Waals surface area contributed by atoms with Crippen molar-refractivity contribution < 1.29 is 78.0 Å². The molecular formula is C18H40O4P2S4Zn3. The van der Waals surface area contributed by atoms with Gasteiger partial charge in [0.1, 0.15) is 0 Å². The van der Waals surface area contributed by atoms with E-state index in [1.807, 2.05) is 0 Å². The van der Waals surface area contributed by atoms with Gasteiger partial charge in [0, 0.05) is 0 Å². The molecule has 0 amide bonds. The first-order chi connectivity index (χ1) is 12.6. The monoisotopic (exact) mass is 702 g/mol. The summed E-state index contributed by atoms with van der Waals surface area (Å²) in [5, 5.41) is 0.492. The molecule has 0 rings (SSSR count). The van der Waals surface area contributed by atoms with E-state index in [2.05, 4.69) is 66.0 Å². The summed E-state index contributed by atoms with van der Waals surface area (Å²) in [6, 6.07) is 0. The molecule has 13 heteroatoms. The van der Waals surface area contributed by atoms with Gasteiger partial charge in [-0.25, -0.2) is 20.1 Å². The van der Waals surface area contributed by atoms with Crippen molar-refractivity contribution in [3.05, 3.63) is 0 Å². The fourth-order valence-corrected chi connectivity index (χ4v) is 12.3. The molecule has 0 N–H and O–H groups in total. The Labute approximate surface area is 246 Å². The van der Waals surface area contributed by atoms with Gasteiger partial charge in [-0.05, 0) is 47.7 Å². The van der Waals surface area contributed by atoms with Crippen LogP contribution in [0.15, 0.2) is 0 Å². The summed E-state index contributed by atoms with van der Waals surface area (Å²) < 4.78 is 0. The second-order valence-corrected chi connectivity index (χ2v) is 23.5. The zero-order chi connectivity index (χ0) is 22.7. The summed E-state index contributed by atoms with van der Waals surface area (Å²) in [7, 11) is -1.28. The van der Waals surface area contributed by atoms with Crippen LogP contribution in [0.1, 0.15) is 80.1 Å². The molecule has 4 atom stereocenters. The van der Waals surface area contributed by atoms with Gasteiger partial charge in [0.2, 0.25) is 0 Å². The molecule has 0 aliphatic carbocycles. The Hall–Kier alpha value is 3.97. The van der Waals surface area contributed by atoms with Gasteiger partial charge in [-0.1, -0.05) is 67.2 Å². The molecule has 0 fully saturated rings. The van der Waals surface area contributed by atoms with Crippen LogP contribution in [0.25, 0.3) is 0 Å². The van der Waals surface area contributed by atoms with Gasteiger partial charge < -0.3 is 55.5 Å². The normalized spacial score (nSPS) is 15.5. The first-order valence-corrected chi connectivity index (χ1v) is 19.8. The fraction of sp³-hybridized carbons (Fsp3) is 1.00. The second kappa shape index (κ2) is 23.1. The minimum absolute atomic E-state index is 0. The standard InChI is InChI=1S/2C9H20O2PS2.3Zn/c2*1-5-6-7-9(8(2)3)14(4)12(10,11)13;;;/h2*8-9H,5-7H2,1-4H3;;;/q2*-3;3*+2. The van der Waals surface area contributed by atoms with Crippen LogP contribution < -0.4 is 19.6 Å². The van der Waals surface area contributed by atoms with Crippen molar-refractivity contribution in [3.63, 3.8) is 0 Å². The van der Waals surface area contributed by atoms with Gasteiger partial charge in [-0.3, -0.25) is 0 Å². The maximum absolute atomic E-state index is 11.3. The molecule has 0 saturated heterocycles. The smallest absolute Gasteiger partial charge is 0.854 e. The molecule has 4 nitrogen and oxygen atoms in total. The van der Waals surface area contributed by atoms with E-state index in [1.165, 1.54) is 0 Å². The number of hydrogen-bond donors (Lipinski definition) is 0. The Kier molecular flexibility index (Phi) is 33.5. The third-order valence-corrected chi connectivity index (χ3v) is 19.6. The molecule has 0 aromatic rings. The van der Waals surface area contributed by atoms with Gasteiger partial charge in [0.05, 0.1) is 0 Å². The van der Waals surface area contributed by atoms with Crippen LogP contribution in [0.5, 0.6) is 0 Å². The van der Waals surface area contributed by atoms with E-state index >= 15 is 0 Å². The molecule has 31 heavy (non-hydrogen) atoms. The van der Waals surface area contributed by atoms with Crippen molar-refractivity contribution in [2.24, 2.45) is 11.8 Å². The molecule has 176 valence electrons. The quantitative estimate of drug-likeness (QED) is 0.197. The van der Waals surface area contributed by atoms with Crippen molar-refractivity contribution in [2.75, 3.05) is 12.5 Å². The minimum Gasteiger partial charge on any atom is -0.854 e.